The fourth-order valence-electron chi connectivity index (χ4n) is 12.3. The van der Waals surface area contributed by atoms with Gasteiger partial charge >= 0.3 is 17.9 Å². The second-order valence-corrected chi connectivity index (χ2v) is 31.5. The predicted molar refractivity (Wildman–Crippen MR) is 318 cm³/mol. The van der Waals surface area contributed by atoms with E-state index < -0.39 is 110 Å². The maximum Gasteiger partial charge on any atom is 0.307 e. The average Bonchev–Trinajstić information content (AvgIpc) is 4.18. The van der Waals surface area contributed by atoms with Crippen molar-refractivity contribution < 1.29 is 75.9 Å². The van der Waals surface area contributed by atoms with Gasteiger partial charge in [-0.3, -0.25) is 43.2 Å². The molecule has 10 atom stereocenters. The number of carboxylic acid groups (broad SMARTS) is 3. The van der Waals surface area contributed by atoms with Gasteiger partial charge < -0.3 is 56.3 Å². The van der Waals surface area contributed by atoms with E-state index in [9.17, 15) is 71.4 Å². The molecule has 0 aromatic rings. The summed E-state index contributed by atoms with van der Waals surface area (Å²) in [6.45, 7) is 13.3. The third-order valence-electron chi connectivity index (χ3n) is 16.4. The number of hydrogen-bond acceptors (Lipinski definition) is 15. The lowest BCUT2D eigenvalue weighted by Gasteiger charge is -2.44. The summed E-state index contributed by atoms with van der Waals surface area (Å²) < 4.78 is 33.9. The molecule has 3 saturated heterocycles. The van der Waals surface area contributed by atoms with Crippen LogP contribution in [0.15, 0.2) is 0 Å². The Morgan fingerprint density at radius 3 is 1.73 bits per heavy atom. The standard InChI is InChI=1S/C56H97N7O15S4/c1-35(48(67)60-25-23-57-42(65)20-14-12-18-40-47-36(34-79-40)31-43(66)62-47)44(52(72)73)55(5,6)33-39(51(70)71)45(50(69)61-26-24-58-41(64)19-13-11-17-37-21-29-80-81-37)56(7,8)32-38(46(53(74)75)54(2,3)4)49(68)59-22-15-27-63(9,10)28-16-30-82(76,77)78/h35-40,44-47H,11-34H2,1-10H3,(H9-,57,58,59,60,61,62,64,65,66,67,68,69,70,71,72,73,74,75,76,77,78). The molecule has 3 heterocycles. The van der Waals surface area contributed by atoms with Crippen molar-refractivity contribution in [3.63, 3.8) is 0 Å². The topological polar surface area (TPSA) is 344 Å². The number of carbonyl (C=O) groups is 9. The molecule has 3 aliphatic rings. The van der Waals surface area contributed by atoms with E-state index in [-0.39, 0.29) is 82.2 Å². The largest absolute Gasteiger partial charge is 0.748 e. The van der Waals surface area contributed by atoms with Crippen LogP contribution in [-0.2, 0) is 53.3 Å². The van der Waals surface area contributed by atoms with Crippen LogP contribution in [0.5, 0.6) is 0 Å². The molecule has 22 nitrogen and oxygen atoms in total. The molecule has 0 aromatic heterocycles. The number of nitrogens with one attached hydrogen (secondary N) is 6. The van der Waals surface area contributed by atoms with Crippen LogP contribution in [0.4, 0.5) is 0 Å². The number of aliphatic carboxylic acids is 3. The molecule has 0 aliphatic carbocycles. The maximum atomic E-state index is 14.8. The monoisotopic (exact) mass is 1240 g/mol. The summed E-state index contributed by atoms with van der Waals surface area (Å²) in [5, 5.41) is 50.6. The predicted octanol–water partition coefficient (Wildman–Crippen LogP) is 4.71. The van der Waals surface area contributed by atoms with Crippen LogP contribution in [0.1, 0.15) is 145 Å². The number of hydrogen-bond donors (Lipinski definition) is 9. The zero-order valence-corrected chi connectivity index (χ0v) is 53.3. The van der Waals surface area contributed by atoms with Crippen LogP contribution in [0, 0.1) is 57.7 Å². The van der Waals surface area contributed by atoms with Crippen molar-refractivity contribution in [1.82, 2.24) is 31.9 Å². The lowest BCUT2D eigenvalue weighted by molar-refractivity contribution is -0.890. The zero-order valence-electron chi connectivity index (χ0n) is 50.1. The molecule has 9 N–H and O–H groups in total. The van der Waals surface area contributed by atoms with Gasteiger partial charge in [-0.25, -0.2) is 8.42 Å². The van der Waals surface area contributed by atoms with Gasteiger partial charge in [0.05, 0.1) is 66.9 Å². The SMILES string of the molecule is CC(C(=O)NCCNC(=O)CCCCC1SCC2CC(=O)NC21)C(C(=O)O)C(C)(C)CC(C(=O)O)C(C(=O)NCCNC(=O)CCCCC1CCSS1)C(C)(C)CC(C(=O)NCCC[N+](C)(C)CCCS(=O)(=O)[O-])C(C(=O)O)C(C)(C)C. The summed E-state index contributed by atoms with van der Waals surface area (Å²) in [6, 6.07) is 0.183. The van der Waals surface area contributed by atoms with E-state index in [1.54, 1.807) is 34.6 Å². The van der Waals surface area contributed by atoms with Crippen LogP contribution in [0.25, 0.3) is 0 Å². The first-order chi connectivity index (χ1) is 38.1. The molecule has 0 radical (unpaired) electrons. The van der Waals surface area contributed by atoms with Gasteiger partial charge in [-0.05, 0) is 72.9 Å². The maximum absolute atomic E-state index is 14.8. The smallest absolute Gasteiger partial charge is 0.307 e. The number of fused-ring (bicyclic) bond motifs is 1. The van der Waals surface area contributed by atoms with Crippen molar-refractivity contribution in [2.45, 2.75) is 162 Å². The average molecular weight is 1240 g/mol. The lowest BCUT2D eigenvalue weighted by Crippen LogP contribution is -2.52. The summed E-state index contributed by atoms with van der Waals surface area (Å²) in [4.78, 5) is 121. The molecule has 470 valence electrons. The van der Waals surface area contributed by atoms with Crippen molar-refractivity contribution in [3.05, 3.63) is 0 Å². The third-order valence-corrected chi connectivity index (χ3v) is 21.8. The third kappa shape index (κ3) is 24.6. The fraction of sp³-hybridized carbons (Fsp3) is 0.839. The Labute approximate surface area is 498 Å². The highest BCUT2D eigenvalue weighted by atomic mass is 33.1. The molecule has 3 rings (SSSR count). The number of rotatable bonds is 39. The molecule has 26 heteroatoms. The van der Waals surface area contributed by atoms with E-state index >= 15 is 0 Å². The van der Waals surface area contributed by atoms with Crippen LogP contribution in [-0.4, -0.2) is 180 Å². The molecule has 0 bridgehead atoms. The lowest BCUT2D eigenvalue weighted by atomic mass is 9.59. The minimum Gasteiger partial charge on any atom is -0.748 e. The summed E-state index contributed by atoms with van der Waals surface area (Å²) in [6.07, 6.45) is 6.89. The molecule has 6 amide bonds. The Balaban J connectivity index is 1.82. The highest BCUT2D eigenvalue weighted by molar-refractivity contribution is 8.77. The molecular formula is C56H97N7O15S4. The molecule has 82 heavy (non-hydrogen) atoms. The van der Waals surface area contributed by atoms with E-state index in [0.717, 1.165) is 43.6 Å². The normalized spacial score (nSPS) is 20.7. The molecule has 0 spiro atoms. The summed E-state index contributed by atoms with van der Waals surface area (Å²) in [5.74, 6) is -13.4. The number of amides is 6. The van der Waals surface area contributed by atoms with Crippen LogP contribution in [0.2, 0.25) is 0 Å². The second kappa shape index (κ2) is 33.2. The highest BCUT2D eigenvalue weighted by Gasteiger charge is 2.53. The quantitative estimate of drug-likeness (QED) is 0.0174. The Bertz CT molecular complexity index is 2290. The van der Waals surface area contributed by atoms with Crippen molar-refractivity contribution in [3.8, 4) is 0 Å². The summed E-state index contributed by atoms with van der Waals surface area (Å²) in [5.41, 5.74) is -4.07. The van der Waals surface area contributed by atoms with E-state index in [1.807, 2.05) is 47.4 Å². The summed E-state index contributed by atoms with van der Waals surface area (Å²) >= 11 is 1.86. The van der Waals surface area contributed by atoms with Crippen LogP contribution >= 0.6 is 33.3 Å². The van der Waals surface area contributed by atoms with Crippen molar-refractivity contribution in [2.24, 2.45) is 57.7 Å². The summed E-state index contributed by atoms with van der Waals surface area (Å²) in [7, 11) is 3.01. The fourth-order valence-corrected chi connectivity index (χ4v) is 17.5. The van der Waals surface area contributed by atoms with Crippen molar-refractivity contribution in [1.29, 1.82) is 0 Å². The van der Waals surface area contributed by atoms with Gasteiger partial charge in [-0.15, -0.1) is 0 Å². The number of thioether (sulfide) groups is 1. The van der Waals surface area contributed by atoms with Crippen LogP contribution < -0.4 is 31.9 Å². The first-order valence-electron chi connectivity index (χ1n) is 29.1. The Hall–Kier alpha value is -3.85. The molecule has 3 aliphatic heterocycles. The van der Waals surface area contributed by atoms with E-state index in [4.69, 9.17) is 0 Å². The van der Waals surface area contributed by atoms with Crippen LogP contribution in [0.3, 0.4) is 0 Å². The van der Waals surface area contributed by atoms with E-state index in [1.165, 1.54) is 20.8 Å². The van der Waals surface area contributed by atoms with Gasteiger partial charge in [0.15, 0.2) is 0 Å². The van der Waals surface area contributed by atoms with E-state index in [0.29, 0.717) is 59.7 Å². The number of carbonyl (C=O) groups excluding carboxylic acids is 6. The van der Waals surface area contributed by atoms with Gasteiger partial charge in [-0.1, -0.05) is 89.8 Å². The molecule has 0 saturated carbocycles. The molecule has 10 unspecified atom stereocenters. The minimum absolute atomic E-state index is 0.000154. The van der Waals surface area contributed by atoms with Gasteiger partial charge in [0.1, 0.15) is 0 Å². The van der Waals surface area contributed by atoms with Gasteiger partial charge in [0.25, 0.3) is 0 Å². The highest BCUT2D eigenvalue weighted by Crippen LogP contribution is 2.49. The van der Waals surface area contributed by atoms with Crippen molar-refractivity contribution in [2.75, 3.05) is 77.2 Å². The number of carboxylic acids is 3. The first kappa shape index (κ1) is 72.4. The minimum atomic E-state index is -4.40. The number of unbranched alkanes of at least 4 members (excludes halogenated alkanes) is 2. The van der Waals surface area contributed by atoms with Crippen molar-refractivity contribution >= 4 is 96.8 Å². The zero-order chi connectivity index (χ0) is 61.8. The Morgan fingerprint density at radius 2 is 1.20 bits per heavy atom. The molecular weight excluding hydrogens is 1140 g/mol. The Morgan fingerprint density at radius 1 is 0.671 bits per heavy atom. The van der Waals surface area contributed by atoms with Gasteiger partial charge in [0.2, 0.25) is 35.4 Å². The molecule has 3 fully saturated rings. The molecule has 0 aromatic carbocycles. The Kier molecular flexibility index (Phi) is 29.3. The second-order valence-electron chi connectivity index (χ2n) is 25.9. The van der Waals surface area contributed by atoms with Gasteiger partial charge in [-0.2, -0.15) is 11.8 Å². The number of nitrogens with zero attached hydrogens (tertiary/aromatic N) is 1. The first-order valence-corrected chi connectivity index (χ1v) is 34.1. The number of quaternary nitrogens is 1. The van der Waals surface area contributed by atoms with Gasteiger partial charge in [0, 0.05) is 98.8 Å². The van der Waals surface area contributed by atoms with E-state index in [2.05, 4.69) is 31.9 Å².